The lowest BCUT2D eigenvalue weighted by molar-refractivity contribution is 0.0746. The van der Waals surface area contributed by atoms with Crippen LogP contribution in [0.2, 0.25) is 0 Å². The lowest BCUT2D eigenvalue weighted by Crippen LogP contribution is -2.49. The normalized spacial score (nSPS) is 14.4. The van der Waals surface area contributed by atoms with E-state index in [0.717, 1.165) is 16.9 Å². The molecule has 0 atom stereocenters. The van der Waals surface area contributed by atoms with Crippen molar-refractivity contribution in [1.82, 2.24) is 24.8 Å². The van der Waals surface area contributed by atoms with E-state index in [9.17, 15) is 4.79 Å². The molecule has 0 spiro atoms. The molecule has 0 unspecified atom stereocenters. The van der Waals surface area contributed by atoms with Crippen molar-refractivity contribution in [1.29, 1.82) is 0 Å². The molecule has 0 N–H and O–H groups in total. The van der Waals surface area contributed by atoms with Crippen LogP contribution in [0.25, 0.3) is 11.0 Å². The Balaban J connectivity index is 1.46. The third kappa shape index (κ3) is 3.51. The fraction of sp³-hybridized carbons (Fsp3) is 0.316. The fourth-order valence-electron chi connectivity index (χ4n) is 3.21. The highest BCUT2D eigenvalue weighted by Crippen LogP contribution is 2.20. The van der Waals surface area contributed by atoms with E-state index < -0.39 is 0 Å². The molecular formula is C19H20N6O2. The van der Waals surface area contributed by atoms with Crippen molar-refractivity contribution in [3.63, 3.8) is 0 Å². The molecule has 1 fully saturated rings. The lowest BCUT2D eigenvalue weighted by atomic mass is 10.1. The topological polar surface area (TPSA) is 84.3 Å². The number of methoxy groups -OCH3 is 1. The molecule has 1 aliphatic rings. The molecule has 138 valence electrons. The number of amides is 1. The lowest BCUT2D eigenvalue weighted by Gasteiger charge is -2.35. The quantitative estimate of drug-likeness (QED) is 0.699. The zero-order valence-electron chi connectivity index (χ0n) is 15.3. The molecule has 1 amide bonds. The van der Waals surface area contributed by atoms with Crippen LogP contribution in [0, 0.1) is 6.92 Å². The molecular weight excluding hydrogens is 344 g/mol. The van der Waals surface area contributed by atoms with Gasteiger partial charge in [0.2, 0.25) is 5.88 Å². The van der Waals surface area contributed by atoms with Crippen LogP contribution in [-0.4, -0.2) is 64.0 Å². The largest absolute Gasteiger partial charge is 0.481 e. The highest BCUT2D eigenvalue weighted by atomic mass is 16.5. The SMILES string of the molecule is COc1cc(N2CCN(C(=O)c3ccc4nccnc4c3)CC2)nc(C)n1. The van der Waals surface area contributed by atoms with Gasteiger partial charge in [-0.1, -0.05) is 0 Å². The molecule has 8 nitrogen and oxygen atoms in total. The van der Waals surface area contributed by atoms with Gasteiger partial charge >= 0.3 is 0 Å². The third-order valence-electron chi connectivity index (χ3n) is 4.62. The molecule has 0 radical (unpaired) electrons. The first-order chi connectivity index (χ1) is 13.1. The van der Waals surface area contributed by atoms with Crippen molar-refractivity contribution >= 4 is 22.8 Å². The number of anilines is 1. The van der Waals surface area contributed by atoms with Gasteiger partial charge in [-0.2, -0.15) is 4.98 Å². The van der Waals surface area contributed by atoms with Crippen molar-refractivity contribution in [2.45, 2.75) is 6.92 Å². The molecule has 1 aliphatic heterocycles. The average Bonchev–Trinajstić information content (AvgIpc) is 2.72. The predicted octanol–water partition coefficient (Wildman–Crippen LogP) is 1.70. The smallest absolute Gasteiger partial charge is 0.254 e. The summed E-state index contributed by atoms with van der Waals surface area (Å²) < 4.78 is 5.23. The standard InChI is InChI=1S/C19H20N6O2/c1-13-22-17(12-18(23-13)27-2)24-7-9-25(10-8-24)19(26)14-3-4-15-16(11-14)21-6-5-20-15/h3-6,11-12H,7-10H2,1-2H3. The monoisotopic (exact) mass is 364 g/mol. The first-order valence-corrected chi connectivity index (χ1v) is 8.79. The van der Waals surface area contributed by atoms with Gasteiger partial charge in [-0.05, 0) is 25.1 Å². The number of aryl methyl sites for hydroxylation is 1. The molecule has 1 aromatic carbocycles. The number of hydrogen-bond acceptors (Lipinski definition) is 7. The number of benzene rings is 1. The van der Waals surface area contributed by atoms with E-state index in [4.69, 9.17) is 4.74 Å². The maximum atomic E-state index is 12.9. The first kappa shape index (κ1) is 17.1. The Morgan fingerprint density at radius 3 is 2.48 bits per heavy atom. The van der Waals surface area contributed by atoms with Crippen LogP contribution < -0.4 is 9.64 Å². The van der Waals surface area contributed by atoms with Gasteiger partial charge in [0, 0.05) is 50.2 Å². The van der Waals surface area contributed by atoms with Gasteiger partial charge in [-0.25, -0.2) is 4.98 Å². The molecule has 0 saturated carbocycles. The van der Waals surface area contributed by atoms with E-state index in [2.05, 4.69) is 24.8 Å². The molecule has 0 aliphatic carbocycles. The van der Waals surface area contributed by atoms with E-state index in [0.29, 0.717) is 43.4 Å². The maximum absolute atomic E-state index is 12.9. The summed E-state index contributed by atoms with van der Waals surface area (Å²) in [6.45, 7) is 4.51. The fourth-order valence-corrected chi connectivity index (χ4v) is 3.21. The van der Waals surface area contributed by atoms with Gasteiger partial charge in [-0.3, -0.25) is 14.8 Å². The molecule has 27 heavy (non-hydrogen) atoms. The number of nitrogens with zero attached hydrogens (tertiary/aromatic N) is 6. The van der Waals surface area contributed by atoms with Crippen molar-refractivity contribution in [2.24, 2.45) is 0 Å². The minimum atomic E-state index is 0.0126. The maximum Gasteiger partial charge on any atom is 0.254 e. The predicted molar refractivity (Wildman–Crippen MR) is 101 cm³/mol. The number of carbonyl (C=O) groups is 1. The minimum Gasteiger partial charge on any atom is -0.481 e. The Kier molecular flexibility index (Phi) is 4.53. The van der Waals surface area contributed by atoms with Gasteiger partial charge in [0.15, 0.2) is 0 Å². The van der Waals surface area contributed by atoms with Crippen LogP contribution in [0.3, 0.4) is 0 Å². The van der Waals surface area contributed by atoms with Gasteiger partial charge in [0.25, 0.3) is 5.91 Å². The molecule has 8 heteroatoms. The summed E-state index contributed by atoms with van der Waals surface area (Å²) in [5.41, 5.74) is 2.15. The van der Waals surface area contributed by atoms with E-state index in [1.54, 1.807) is 25.6 Å². The summed E-state index contributed by atoms with van der Waals surface area (Å²) in [6.07, 6.45) is 3.28. The van der Waals surface area contributed by atoms with Gasteiger partial charge in [0.05, 0.1) is 18.1 Å². The number of hydrogen-bond donors (Lipinski definition) is 0. The van der Waals surface area contributed by atoms with Gasteiger partial charge in [-0.15, -0.1) is 0 Å². The summed E-state index contributed by atoms with van der Waals surface area (Å²) in [6, 6.07) is 7.27. The van der Waals surface area contributed by atoms with E-state index in [-0.39, 0.29) is 5.91 Å². The summed E-state index contributed by atoms with van der Waals surface area (Å²) >= 11 is 0. The summed E-state index contributed by atoms with van der Waals surface area (Å²) in [7, 11) is 1.59. The number of piperazine rings is 1. The zero-order valence-corrected chi connectivity index (χ0v) is 15.3. The Morgan fingerprint density at radius 2 is 1.74 bits per heavy atom. The first-order valence-electron chi connectivity index (χ1n) is 8.79. The Labute approximate surface area is 156 Å². The van der Waals surface area contributed by atoms with E-state index in [1.165, 1.54) is 0 Å². The van der Waals surface area contributed by atoms with Crippen molar-refractivity contribution in [3.05, 3.63) is 48.0 Å². The third-order valence-corrected chi connectivity index (χ3v) is 4.62. The molecule has 2 aromatic heterocycles. The molecule has 0 bridgehead atoms. The molecule has 4 rings (SSSR count). The van der Waals surface area contributed by atoms with Crippen LogP contribution in [0.1, 0.15) is 16.2 Å². The Morgan fingerprint density at radius 1 is 1.00 bits per heavy atom. The second kappa shape index (κ2) is 7.14. The number of rotatable bonds is 3. The van der Waals surface area contributed by atoms with Crippen LogP contribution >= 0.6 is 0 Å². The van der Waals surface area contributed by atoms with Crippen molar-refractivity contribution in [3.8, 4) is 5.88 Å². The number of aromatic nitrogens is 4. The number of carbonyl (C=O) groups excluding carboxylic acids is 1. The van der Waals surface area contributed by atoms with Crippen molar-refractivity contribution < 1.29 is 9.53 Å². The van der Waals surface area contributed by atoms with Crippen molar-refractivity contribution in [2.75, 3.05) is 38.2 Å². The van der Waals surface area contributed by atoms with Crippen LogP contribution in [0.5, 0.6) is 5.88 Å². The van der Waals surface area contributed by atoms with Crippen LogP contribution in [0.4, 0.5) is 5.82 Å². The number of fused-ring (bicyclic) bond motifs is 1. The second-order valence-corrected chi connectivity index (χ2v) is 6.35. The van der Waals surface area contributed by atoms with Gasteiger partial charge < -0.3 is 14.5 Å². The van der Waals surface area contributed by atoms with E-state index in [1.807, 2.05) is 30.0 Å². The second-order valence-electron chi connectivity index (χ2n) is 6.35. The summed E-state index contributed by atoms with van der Waals surface area (Å²) in [5.74, 6) is 2.06. The average molecular weight is 364 g/mol. The van der Waals surface area contributed by atoms with Gasteiger partial charge in [0.1, 0.15) is 11.6 Å². The molecule has 1 saturated heterocycles. The zero-order chi connectivity index (χ0) is 18.8. The summed E-state index contributed by atoms with van der Waals surface area (Å²) in [4.78, 5) is 34.1. The Bertz CT molecular complexity index is 985. The number of ether oxygens (including phenoxy) is 1. The Hall–Kier alpha value is -3.29. The molecule has 3 aromatic rings. The molecule has 3 heterocycles. The summed E-state index contributed by atoms with van der Waals surface area (Å²) in [5, 5.41) is 0. The van der Waals surface area contributed by atoms with E-state index >= 15 is 0 Å². The highest BCUT2D eigenvalue weighted by molar-refractivity contribution is 5.97. The van der Waals surface area contributed by atoms with Crippen LogP contribution in [0.15, 0.2) is 36.7 Å². The minimum absolute atomic E-state index is 0.0126. The van der Waals surface area contributed by atoms with Crippen LogP contribution in [-0.2, 0) is 0 Å². The highest BCUT2D eigenvalue weighted by Gasteiger charge is 2.23.